The van der Waals surface area contributed by atoms with Crippen LogP contribution < -0.4 is 15.3 Å². The van der Waals surface area contributed by atoms with Gasteiger partial charge in [-0.3, -0.25) is 0 Å². The van der Waals surface area contributed by atoms with E-state index in [0.717, 1.165) is 4.47 Å². The number of alkyl halides is 4. The second kappa shape index (κ2) is 7.49. The maximum absolute atomic E-state index is 13.0. The number of hydrogen-bond acceptors (Lipinski definition) is 8. The third kappa shape index (κ3) is 3.71. The highest BCUT2D eigenvalue weighted by molar-refractivity contribution is 9.10. The quantitative estimate of drug-likeness (QED) is 0.456. The van der Waals surface area contributed by atoms with Gasteiger partial charge in [-0.2, -0.15) is 0 Å². The molecule has 170 valence electrons. The number of nitrogens with zero attached hydrogens (tertiary/aromatic N) is 6. The molecule has 4 atom stereocenters. The highest BCUT2D eigenvalue weighted by Crippen LogP contribution is 2.60. The molecule has 4 aliphatic rings. The lowest BCUT2D eigenvalue weighted by Crippen LogP contribution is -2.33. The van der Waals surface area contributed by atoms with E-state index in [1.54, 1.807) is 17.3 Å². The van der Waals surface area contributed by atoms with Crippen LogP contribution in [0, 0.1) is 23.7 Å². The average molecular weight is 517 g/mol. The highest BCUT2D eigenvalue weighted by atomic mass is 79.9. The van der Waals surface area contributed by atoms with Crippen LogP contribution in [0.3, 0.4) is 0 Å². The Kier molecular flexibility index (Phi) is 5.09. The summed E-state index contributed by atoms with van der Waals surface area (Å²) >= 11 is 3.23. The van der Waals surface area contributed by atoms with E-state index in [0.29, 0.717) is 25.0 Å². The lowest BCUT2D eigenvalue weighted by atomic mass is 9.83. The van der Waals surface area contributed by atoms with Crippen LogP contribution in [0.1, 0.15) is 0 Å². The molecule has 0 aromatic carbocycles. The van der Waals surface area contributed by atoms with Crippen LogP contribution in [-0.2, 0) is 0 Å². The van der Waals surface area contributed by atoms with Crippen molar-refractivity contribution in [1.29, 1.82) is 0 Å². The fourth-order valence-corrected chi connectivity index (χ4v) is 4.64. The Morgan fingerprint density at radius 2 is 1.09 bits per heavy atom. The van der Waals surface area contributed by atoms with Crippen molar-refractivity contribution in [3.8, 4) is 0 Å². The van der Waals surface area contributed by atoms with Gasteiger partial charge in [0.1, 0.15) is 0 Å². The third-order valence-electron chi connectivity index (χ3n) is 6.53. The summed E-state index contributed by atoms with van der Waals surface area (Å²) < 4.78 is 52.6. The molecule has 2 aromatic rings. The lowest BCUT2D eigenvalue weighted by Gasteiger charge is -2.19. The summed E-state index contributed by atoms with van der Waals surface area (Å²) in [5.41, 5.74) is 0.184. The van der Waals surface area contributed by atoms with Gasteiger partial charge in [0, 0.05) is 56.4 Å². The molecule has 0 amide bonds. The number of hydrogen-bond donors (Lipinski definition) is 2. The monoisotopic (exact) mass is 516 g/mol. The molecule has 32 heavy (non-hydrogen) atoms. The number of halogens is 5. The summed E-state index contributed by atoms with van der Waals surface area (Å²) in [7, 11) is -1.61. The molecule has 2 saturated carbocycles. The molecule has 2 aliphatic carbocycles. The van der Waals surface area contributed by atoms with Crippen molar-refractivity contribution < 1.29 is 27.6 Å². The van der Waals surface area contributed by atoms with Gasteiger partial charge < -0.3 is 19.8 Å². The summed E-state index contributed by atoms with van der Waals surface area (Å²) in [4.78, 5) is 19.6. The SMILES string of the molecule is FC1(F)C2CN(c3ncc(Br)cn3)CC21.OB(O)c1cnc(N2CC3C(C2)C3(F)F)nc1. The van der Waals surface area contributed by atoms with Gasteiger partial charge in [-0.25, -0.2) is 37.5 Å². The standard InChI is InChI=1S/C9H10BF2N3O2.C9H8BrF2N3/c11-9(12)6-3-15(4-7(6)9)8-13-1-5(2-14-8)10(16)17;10-5-1-13-8(14-2-5)15-3-6-7(4-15)9(6,11)12/h1-2,6-7,16-17H,3-4H2;1-2,6-7H,3-4H2. The molecule has 2 saturated heterocycles. The molecule has 4 heterocycles. The van der Waals surface area contributed by atoms with E-state index < -0.39 is 42.6 Å². The van der Waals surface area contributed by atoms with Crippen LogP contribution in [0.15, 0.2) is 29.3 Å². The Bertz CT molecular complexity index is 974. The zero-order valence-electron chi connectivity index (χ0n) is 16.5. The molecule has 2 aromatic heterocycles. The molecule has 0 bridgehead atoms. The Morgan fingerprint density at radius 1 is 0.750 bits per heavy atom. The smallest absolute Gasteiger partial charge is 0.423 e. The van der Waals surface area contributed by atoms with E-state index in [9.17, 15) is 17.6 Å². The molecule has 4 unspecified atom stereocenters. The number of piperidine rings is 2. The van der Waals surface area contributed by atoms with E-state index in [-0.39, 0.29) is 18.6 Å². The van der Waals surface area contributed by atoms with Crippen LogP contribution in [-0.4, -0.2) is 75.1 Å². The highest BCUT2D eigenvalue weighted by Gasteiger charge is 2.72. The summed E-state index contributed by atoms with van der Waals surface area (Å²) in [5.74, 6) is -6.17. The molecule has 0 radical (unpaired) electrons. The predicted octanol–water partition coefficient (Wildman–Crippen LogP) is 0.798. The zero-order valence-corrected chi connectivity index (χ0v) is 18.1. The minimum Gasteiger partial charge on any atom is -0.423 e. The first-order valence-corrected chi connectivity index (χ1v) is 10.8. The number of fused-ring (bicyclic) bond motifs is 2. The Labute approximate surface area is 189 Å². The van der Waals surface area contributed by atoms with E-state index in [2.05, 4.69) is 35.9 Å². The second-order valence-electron chi connectivity index (χ2n) is 8.48. The van der Waals surface area contributed by atoms with Crippen molar-refractivity contribution in [1.82, 2.24) is 19.9 Å². The Morgan fingerprint density at radius 3 is 1.44 bits per heavy atom. The van der Waals surface area contributed by atoms with Gasteiger partial charge >= 0.3 is 7.12 Å². The molecule has 0 spiro atoms. The lowest BCUT2D eigenvalue weighted by molar-refractivity contribution is 0.0790. The normalized spacial score (nSPS) is 30.2. The number of rotatable bonds is 3. The minimum absolute atomic E-state index is 0.184. The Balaban J connectivity index is 0.000000136. The van der Waals surface area contributed by atoms with Crippen LogP contribution in [0.5, 0.6) is 0 Å². The number of anilines is 2. The van der Waals surface area contributed by atoms with Gasteiger partial charge in [0.05, 0.1) is 28.1 Å². The molecule has 8 nitrogen and oxygen atoms in total. The maximum Gasteiger partial charge on any atom is 0.491 e. The predicted molar refractivity (Wildman–Crippen MR) is 110 cm³/mol. The van der Waals surface area contributed by atoms with Crippen molar-refractivity contribution in [2.75, 3.05) is 36.0 Å². The summed E-state index contributed by atoms with van der Waals surface area (Å²) in [6, 6.07) is 0. The molecule has 14 heteroatoms. The molecule has 2 aliphatic heterocycles. The molecule has 2 N–H and O–H groups in total. The van der Waals surface area contributed by atoms with E-state index >= 15 is 0 Å². The van der Waals surface area contributed by atoms with Gasteiger partial charge in [-0.05, 0) is 15.9 Å². The van der Waals surface area contributed by atoms with E-state index in [1.165, 1.54) is 12.4 Å². The van der Waals surface area contributed by atoms with Gasteiger partial charge in [-0.1, -0.05) is 0 Å². The average Bonchev–Trinajstić information content (AvgIpc) is 3.26. The van der Waals surface area contributed by atoms with Crippen molar-refractivity contribution in [2.45, 2.75) is 11.8 Å². The largest absolute Gasteiger partial charge is 0.491 e. The van der Waals surface area contributed by atoms with Crippen molar-refractivity contribution in [3.63, 3.8) is 0 Å². The van der Waals surface area contributed by atoms with E-state index in [1.807, 2.05) is 4.90 Å². The topological polar surface area (TPSA) is 98.5 Å². The number of aromatic nitrogens is 4. The zero-order chi connectivity index (χ0) is 22.8. The first-order chi connectivity index (χ1) is 15.1. The van der Waals surface area contributed by atoms with Crippen LogP contribution in [0.4, 0.5) is 29.5 Å². The summed E-state index contributed by atoms with van der Waals surface area (Å²) in [5, 5.41) is 17.7. The van der Waals surface area contributed by atoms with Crippen molar-refractivity contribution in [2.24, 2.45) is 23.7 Å². The van der Waals surface area contributed by atoms with Crippen LogP contribution >= 0.6 is 15.9 Å². The maximum atomic E-state index is 13.0. The summed E-state index contributed by atoms with van der Waals surface area (Å²) in [6.45, 7) is 1.27. The first-order valence-electron chi connectivity index (χ1n) is 10.00. The molecular weight excluding hydrogens is 499 g/mol. The van der Waals surface area contributed by atoms with Gasteiger partial charge in [0.2, 0.25) is 11.9 Å². The first kappa shape index (κ1) is 21.8. The van der Waals surface area contributed by atoms with Crippen molar-refractivity contribution >= 4 is 40.4 Å². The van der Waals surface area contributed by atoms with Gasteiger partial charge in [0.15, 0.2) is 0 Å². The van der Waals surface area contributed by atoms with Gasteiger partial charge in [0.25, 0.3) is 11.8 Å². The Hall–Kier alpha value is -2.06. The van der Waals surface area contributed by atoms with Crippen molar-refractivity contribution in [3.05, 3.63) is 29.3 Å². The second-order valence-corrected chi connectivity index (χ2v) is 9.39. The molecule has 6 rings (SSSR count). The fraction of sp³-hybridized carbons (Fsp3) is 0.556. The molecular formula is C18H18BBrF4N6O2. The molecule has 4 fully saturated rings. The van der Waals surface area contributed by atoms with E-state index in [4.69, 9.17) is 10.0 Å². The summed E-state index contributed by atoms with van der Waals surface area (Å²) in [6.07, 6.45) is 5.83. The van der Waals surface area contributed by atoms with Gasteiger partial charge in [-0.15, -0.1) is 0 Å². The van der Waals surface area contributed by atoms with Crippen LogP contribution in [0.25, 0.3) is 0 Å². The fourth-order valence-electron chi connectivity index (χ4n) is 4.44. The third-order valence-corrected chi connectivity index (χ3v) is 6.94. The minimum atomic E-state index is -2.52. The van der Waals surface area contributed by atoms with Crippen LogP contribution in [0.2, 0.25) is 0 Å².